The fourth-order valence-electron chi connectivity index (χ4n) is 11.9. The largest absolute Gasteiger partial charge is 0.444 e. The lowest BCUT2D eigenvalue weighted by atomic mass is 9.63. The molecule has 3 unspecified atom stereocenters. The number of nitrogens with zero attached hydrogens (tertiary/aromatic N) is 1. The van der Waals surface area contributed by atoms with E-state index in [2.05, 4.69) is 46.3 Å². The van der Waals surface area contributed by atoms with Crippen molar-refractivity contribution in [3.05, 3.63) is 47.5 Å². The van der Waals surface area contributed by atoms with E-state index in [0.717, 1.165) is 31.5 Å². The van der Waals surface area contributed by atoms with Gasteiger partial charge in [-0.1, -0.05) is 37.8 Å². The van der Waals surface area contributed by atoms with Crippen molar-refractivity contribution in [1.82, 2.24) is 10.2 Å². The summed E-state index contributed by atoms with van der Waals surface area (Å²) in [6.45, 7) is 7.10. The van der Waals surface area contributed by atoms with Gasteiger partial charge in [-0.15, -0.1) is 0 Å². The average Bonchev–Trinajstić information content (AvgIpc) is 4.02. The Morgan fingerprint density at radius 1 is 0.719 bits per heavy atom. The maximum Gasteiger partial charge on any atom is 0.410 e. The van der Waals surface area contributed by atoms with Gasteiger partial charge in [-0.25, -0.2) is 4.79 Å². The molecule has 10 nitrogen and oxygen atoms in total. The molecule has 2 heterocycles. The summed E-state index contributed by atoms with van der Waals surface area (Å²) in [4.78, 5) is 41.6. The smallest absolute Gasteiger partial charge is 0.410 e. The third-order valence-corrected chi connectivity index (χ3v) is 15.6. The monoisotopic (exact) mass is 779 g/mol. The minimum atomic E-state index is -0.622. The second-order valence-corrected chi connectivity index (χ2v) is 20.9. The first-order valence-corrected chi connectivity index (χ1v) is 22.4. The van der Waals surface area contributed by atoms with E-state index in [1.807, 2.05) is 26.8 Å². The Kier molecular flexibility index (Phi) is 10.0. The fraction of sp³-hybridized carbons (Fsp3) is 0.681. The van der Waals surface area contributed by atoms with Gasteiger partial charge in [-0.05, 0) is 180 Å². The van der Waals surface area contributed by atoms with Crippen LogP contribution in [0.5, 0.6) is 0 Å². The Balaban J connectivity index is 0.845. The first kappa shape index (κ1) is 38.7. The highest BCUT2D eigenvalue weighted by Crippen LogP contribution is 2.56. The van der Waals surface area contributed by atoms with Crippen molar-refractivity contribution < 1.29 is 19.1 Å². The highest BCUT2D eigenvalue weighted by Gasteiger charge is 2.56. The maximum atomic E-state index is 13.7. The molecule has 10 fully saturated rings. The minimum Gasteiger partial charge on any atom is -0.444 e. The van der Waals surface area contributed by atoms with E-state index >= 15 is 0 Å². The van der Waals surface area contributed by atoms with E-state index in [1.54, 1.807) is 4.90 Å². The van der Waals surface area contributed by atoms with Crippen LogP contribution >= 0.6 is 0 Å². The minimum absolute atomic E-state index is 0.0424. The van der Waals surface area contributed by atoms with Crippen molar-refractivity contribution in [2.75, 3.05) is 35.2 Å². The number of hydrogen-bond acceptors (Lipinski definition) is 7. The Bertz CT molecular complexity index is 1880. The second-order valence-electron chi connectivity index (χ2n) is 20.9. The number of carbonyl (C=O) groups is 3. The number of nitrogens with two attached hydrogens (primary N) is 2. The quantitative estimate of drug-likeness (QED) is 0.184. The number of amides is 3. The van der Waals surface area contributed by atoms with Gasteiger partial charge >= 0.3 is 6.09 Å². The molecule has 12 rings (SSSR count). The number of nitrogen functional groups attached to an aromatic ring is 2. The molecule has 2 aliphatic heterocycles. The molecule has 57 heavy (non-hydrogen) atoms. The predicted molar refractivity (Wildman–Crippen MR) is 226 cm³/mol. The molecule has 0 radical (unpaired) electrons. The van der Waals surface area contributed by atoms with Crippen LogP contribution in [0.25, 0.3) is 0 Å². The van der Waals surface area contributed by atoms with E-state index in [0.29, 0.717) is 71.0 Å². The van der Waals surface area contributed by atoms with E-state index in [1.165, 1.54) is 88.2 Å². The van der Waals surface area contributed by atoms with Gasteiger partial charge in [-0.2, -0.15) is 0 Å². The summed E-state index contributed by atoms with van der Waals surface area (Å²) in [5, 5.41) is 9.69. The van der Waals surface area contributed by atoms with Crippen LogP contribution in [-0.4, -0.2) is 53.6 Å². The summed E-state index contributed by atoms with van der Waals surface area (Å²) in [6.07, 6.45) is 18.2. The number of hydrogen-bond donors (Lipinski definition) is 5. The van der Waals surface area contributed by atoms with Crippen LogP contribution in [0.4, 0.5) is 27.5 Å². The van der Waals surface area contributed by atoms with Crippen molar-refractivity contribution in [3.63, 3.8) is 0 Å². The number of likely N-dealkylation sites (tertiary alicyclic amines) is 1. The third kappa shape index (κ3) is 8.26. The van der Waals surface area contributed by atoms with Crippen molar-refractivity contribution in [3.8, 4) is 0 Å². The van der Waals surface area contributed by atoms with Gasteiger partial charge in [0.2, 0.25) is 11.8 Å². The Hall–Kier alpha value is -3.79. The van der Waals surface area contributed by atoms with Crippen LogP contribution in [0.2, 0.25) is 0 Å². The zero-order valence-electron chi connectivity index (χ0n) is 34.5. The van der Waals surface area contributed by atoms with E-state index in [-0.39, 0.29) is 23.3 Å². The van der Waals surface area contributed by atoms with E-state index in [9.17, 15) is 14.4 Å². The molecule has 2 saturated heterocycles. The number of carbonyl (C=O) groups excluding carboxylic acids is 3. The van der Waals surface area contributed by atoms with Crippen molar-refractivity contribution in [2.45, 2.75) is 153 Å². The summed E-state index contributed by atoms with van der Waals surface area (Å²) in [6, 6.07) is 12.1. The summed E-state index contributed by atoms with van der Waals surface area (Å²) < 4.78 is 5.70. The Morgan fingerprint density at radius 2 is 1.23 bits per heavy atom. The number of nitrogens with one attached hydrogen (secondary N) is 3. The summed E-state index contributed by atoms with van der Waals surface area (Å²) >= 11 is 0. The van der Waals surface area contributed by atoms with Gasteiger partial charge < -0.3 is 32.2 Å². The highest BCUT2D eigenvalue weighted by atomic mass is 16.6. The van der Waals surface area contributed by atoms with Crippen molar-refractivity contribution >= 4 is 40.7 Å². The topological polar surface area (TPSA) is 152 Å². The van der Waals surface area contributed by atoms with Crippen LogP contribution in [0.15, 0.2) is 36.4 Å². The highest BCUT2D eigenvalue weighted by molar-refractivity contribution is 5.99. The van der Waals surface area contributed by atoms with Crippen molar-refractivity contribution in [1.29, 1.82) is 0 Å². The average molecular weight is 779 g/mol. The first-order chi connectivity index (χ1) is 27.2. The Labute approximate surface area is 339 Å². The van der Waals surface area contributed by atoms with Crippen LogP contribution in [-0.2, 0) is 14.3 Å². The number of anilines is 4. The van der Waals surface area contributed by atoms with Gasteiger partial charge in [0.25, 0.3) is 0 Å². The zero-order chi connectivity index (χ0) is 39.7. The van der Waals surface area contributed by atoms with E-state index in [4.69, 9.17) is 16.2 Å². The molecule has 8 aliphatic carbocycles. The van der Waals surface area contributed by atoms with Crippen molar-refractivity contribution in [2.24, 2.45) is 34.5 Å². The standard InChI is InChI=1S/C47H66N6O4/c1-45(2,3)57-44(56)53-27-47(18-19-47)25-41(53)43(55)52-39-15-13-33(23-37(39)49)35-21-29-5-9-30-8-4-28(6-10-31(35)11-7-29)20-34(30)32-12-14-38(36(48)22-32)51-42(54)40-24-46(16-17-46)26-50-40/h12-15,22-23,28-31,34-35,40-41,50H,4-11,16-21,24-27,48-49H2,1-3H3,(H,51,54)(H,52,55)/t28-,29+,30+,31-,34?,35?,40-,41?/m0/s1. The molecule has 4 bridgehead atoms. The predicted octanol–water partition coefficient (Wildman–Crippen LogP) is 8.93. The van der Waals surface area contributed by atoms with Gasteiger partial charge in [0, 0.05) is 13.1 Å². The summed E-state index contributed by atoms with van der Waals surface area (Å²) in [5.74, 6) is 3.48. The lowest BCUT2D eigenvalue weighted by molar-refractivity contribution is -0.120. The van der Waals surface area contributed by atoms with Gasteiger partial charge in [0.15, 0.2) is 0 Å². The normalized spacial score (nSPS) is 32.4. The third-order valence-electron chi connectivity index (χ3n) is 15.6. The SMILES string of the molecule is CC(C)(C)OC(=O)N1CC2(CC2)CC1C(=O)Nc1ccc(C2C[C@H]3CC[C@@H]2CC[C@@H]2CC[C@H](CC3)C(c3ccc(NC(=O)[C@@H]4CC5(CC5)CN4)c(N)c3)C2)cc1N. The molecule has 7 N–H and O–H groups in total. The van der Waals surface area contributed by atoms with Crippen LogP contribution in [0, 0.1) is 34.5 Å². The van der Waals surface area contributed by atoms with Gasteiger partial charge in [0.05, 0.1) is 28.8 Å². The van der Waals surface area contributed by atoms with Crippen LogP contribution in [0.1, 0.15) is 146 Å². The number of benzene rings is 2. The maximum absolute atomic E-state index is 13.7. The molecule has 10 aliphatic rings. The lowest BCUT2D eigenvalue weighted by Gasteiger charge is -2.42. The molecule has 2 aromatic rings. The zero-order valence-corrected chi connectivity index (χ0v) is 34.5. The molecule has 308 valence electrons. The molecule has 10 heteroatoms. The van der Waals surface area contributed by atoms with Gasteiger partial charge in [0.1, 0.15) is 11.6 Å². The molecule has 2 spiro atoms. The lowest BCUT2D eigenvalue weighted by Crippen LogP contribution is -2.45. The van der Waals surface area contributed by atoms with Gasteiger partial charge in [-0.3, -0.25) is 14.5 Å². The fourth-order valence-corrected chi connectivity index (χ4v) is 11.9. The molecule has 2 aromatic carbocycles. The van der Waals surface area contributed by atoms with E-state index < -0.39 is 17.7 Å². The van der Waals surface area contributed by atoms with Crippen LogP contribution in [0.3, 0.4) is 0 Å². The molecule has 3 amide bonds. The summed E-state index contributed by atoms with van der Waals surface area (Å²) in [7, 11) is 0. The first-order valence-electron chi connectivity index (χ1n) is 22.4. The summed E-state index contributed by atoms with van der Waals surface area (Å²) in [5.41, 5.74) is 18.5. The molecule has 0 aromatic heterocycles. The molecule has 8 saturated carbocycles. The molecule has 8 atom stereocenters. The Morgan fingerprint density at radius 3 is 1.68 bits per heavy atom. The second kappa shape index (κ2) is 14.8. The number of rotatable bonds is 6. The molecular formula is C47H66N6O4. The number of ether oxygens (including phenoxy) is 1. The molecular weight excluding hydrogens is 713 g/mol. The van der Waals surface area contributed by atoms with Crippen LogP contribution < -0.4 is 27.4 Å².